The van der Waals surface area contributed by atoms with E-state index in [0.717, 1.165) is 12.8 Å². The highest BCUT2D eigenvalue weighted by atomic mass is 13.8. The van der Waals surface area contributed by atoms with E-state index in [2.05, 4.69) is 11.8 Å². The van der Waals surface area contributed by atoms with Crippen LogP contribution in [0.15, 0.2) is 0 Å². The maximum Gasteiger partial charge on any atom is 0.0108 e. The van der Waals surface area contributed by atoms with E-state index >= 15 is 0 Å². The molecular formula is C7H7. The third-order valence-electron chi connectivity index (χ3n) is 0.623. The summed E-state index contributed by atoms with van der Waals surface area (Å²) in [6.07, 6.45) is 13.8. The molecule has 0 aromatic rings. The molecule has 7 heavy (non-hydrogen) atoms. The van der Waals surface area contributed by atoms with Crippen molar-refractivity contribution < 1.29 is 0 Å². The van der Waals surface area contributed by atoms with Gasteiger partial charge in [0.25, 0.3) is 0 Å². The highest BCUT2D eigenvalue weighted by Gasteiger charge is 1.74. The van der Waals surface area contributed by atoms with Gasteiger partial charge in [0.15, 0.2) is 0 Å². The Hall–Kier alpha value is -0.880. The zero-order chi connectivity index (χ0) is 5.54. The van der Waals surface area contributed by atoms with Crippen LogP contribution in [0.2, 0.25) is 0 Å². The van der Waals surface area contributed by atoms with Gasteiger partial charge in [0.05, 0.1) is 0 Å². The van der Waals surface area contributed by atoms with Crippen molar-refractivity contribution in [1.29, 1.82) is 0 Å². The molecule has 0 aliphatic heterocycles. The molecule has 0 nitrogen and oxygen atoms in total. The molecule has 0 aromatic heterocycles. The molecule has 0 unspecified atom stereocenters. The molecule has 0 atom stereocenters. The van der Waals surface area contributed by atoms with Gasteiger partial charge in [-0.3, -0.25) is 0 Å². The van der Waals surface area contributed by atoms with Crippen molar-refractivity contribution in [3.05, 3.63) is 6.42 Å². The maximum absolute atomic E-state index is 6.46. The van der Waals surface area contributed by atoms with E-state index in [1.807, 2.05) is 0 Å². The maximum atomic E-state index is 6.46. The van der Waals surface area contributed by atoms with Crippen LogP contribution >= 0.6 is 0 Å². The Morgan fingerprint density at radius 3 is 2.57 bits per heavy atom. The number of hydrogen-bond acceptors (Lipinski definition) is 0. The van der Waals surface area contributed by atoms with E-state index in [1.54, 1.807) is 0 Å². The summed E-state index contributed by atoms with van der Waals surface area (Å²) in [5, 5.41) is 0. The largest absolute Gasteiger partial charge is 0.120 e. The molecule has 0 rings (SSSR count). The lowest BCUT2D eigenvalue weighted by atomic mass is 10.2. The summed E-state index contributed by atoms with van der Waals surface area (Å²) < 4.78 is 0. The van der Waals surface area contributed by atoms with Crippen molar-refractivity contribution >= 4 is 0 Å². The smallest absolute Gasteiger partial charge is 0.0108 e. The monoisotopic (exact) mass is 91.1 g/mol. The lowest BCUT2D eigenvalue weighted by molar-refractivity contribution is 0.904. The number of rotatable bonds is 2. The van der Waals surface area contributed by atoms with Gasteiger partial charge < -0.3 is 0 Å². The molecule has 0 N–H and O–H groups in total. The van der Waals surface area contributed by atoms with Gasteiger partial charge in [-0.1, -0.05) is 5.92 Å². The van der Waals surface area contributed by atoms with Gasteiger partial charge in [-0.15, -0.1) is 12.3 Å². The SMILES string of the molecule is [C]#CCCCC#C. The topological polar surface area (TPSA) is 0 Å². The van der Waals surface area contributed by atoms with Crippen molar-refractivity contribution in [2.75, 3.05) is 0 Å². The average Bonchev–Trinajstić information content (AvgIpc) is 1.69. The minimum Gasteiger partial charge on any atom is -0.120 e. The van der Waals surface area contributed by atoms with E-state index in [0.29, 0.717) is 6.42 Å². The van der Waals surface area contributed by atoms with E-state index in [9.17, 15) is 0 Å². The van der Waals surface area contributed by atoms with Gasteiger partial charge in [-0.25, -0.2) is 0 Å². The first-order chi connectivity index (χ1) is 3.41. The lowest BCUT2D eigenvalue weighted by Crippen LogP contribution is -1.65. The van der Waals surface area contributed by atoms with Crippen LogP contribution in [0.5, 0.6) is 0 Å². The summed E-state index contributed by atoms with van der Waals surface area (Å²) in [5.41, 5.74) is 0. The normalized spacial score (nSPS) is 6.57. The summed E-state index contributed by atoms with van der Waals surface area (Å²) in [6, 6.07) is 0. The minimum absolute atomic E-state index is 0.699. The van der Waals surface area contributed by atoms with Crippen molar-refractivity contribution in [3.8, 4) is 18.3 Å². The van der Waals surface area contributed by atoms with Gasteiger partial charge in [0, 0.05) is 12.8 Å². The molecule has 0 aliphatic rings. The second kappa shape index (κ2) is 5.12. The Kier molecular flexibility index (Phi) is 4.48. The Morgan fingerprint density at radius 1 is 1.43 bits per heavy atom. The van der Waals surface area contributed by atoms with E-state index < -0.39 is 0 Å². The van der Waals surface area contributed by atoms with E-state index in [1.165, 1.54) is 0 Å². The fraction of sp³-hybridized carbons (Fsp3) is 0.429. The molecule has 0 aliphatic carbocycles. The van der Waals surface area contributed by atoms with Crippen molar-refractivity contribution in [1.82, 2.24) is 0 Å². The van der Waals surface area contributed by atoms with Gasteiger partial charge in [-0.05, 0) is 12.8 Å². The molecule has 0 saturated carbocycles. The summed E-state index contributed by atoms with van der Waals surface area (Å²) in [7, 11) is 0. The fourth-order valence-corrected chi connectivity index (χ4v) is 0.279. The van der Waals surface area contributed by atoms with Gasteiger partial charge in [0.2, 0.25) is 0 Å². The van der Waals surface area contributed by atoms with E-state index in [-0.39, 0.29) is 0 Å². The third kappa shape index (κ3) is 5.12. The molecule has 0 aromatic carbocycles. The van der Waals surface area contributed by atoms with Gasteiger partial charge in [-0.2, -0.15) is 0 Å². The molecule has 35 valence electrons. The quantitative estimate of drug-likeness (QED) is 0.356. The molecule has 0 spiro atoms. The number of unbranched alkanes of at least 4 members (excludes halogenated alkanes) is 2. The number of hydrogen-bond donors (Lipinski definition) is 0. The summed E-state index contributed by atoms with van der Waals surface area (Å²) in [4.78, 5) is 0. The lowest BCUT2D eigenvalue weighted by Gasteiger charge is -1.79. The highest BCUT2D eigenvalue weighted by Crippen LogP contribution is 1.89. The molecular weight excluding hydrogens is 84.1 g/mol. The fourth-order valence-electron chi connectivity index (χ4n) is 0.279. The van der Waals surface area contributed by atoms with Crippen molar-refractivity contribution in [2.45, 2.75) is 19.3 Å². The third-order valence-corrected chi connectivity index (χ3v) is 0.623. The Labute approximate surface area is 44.9 Å². The highest BCUT2D eigenvalue weighted by molar-refractivity contribution is 4.85. The summed E-state index contributed by atoms with van der Waals surface area (Å²) >= 11 is 0. The van der Waals surface area contributed by atoms with Crippen LogP contribution in [0.3, 0.4) is 0 Å². The first-order valence-corrected chi connectivity index (χ1v) is 2.25. The standard InChI is InChI=1S/C7H7/c1-3-5-7-6-4-2/h1H,5-7H2. The molecule has 0 saturated heterocycles. The zero-order valence-electron chi connectivity index (χ0n) is 4.20. The van der Waals surface area contributed by atoms with Gasteiger partial charge >= 0.3 is 0 Å². The Balaban J connectivity index is 2.77. The zero-order valence-corrected chi connectivity index (χ0v) is 4.20. The Morgan fingerprint density at radius 2 is 2.14 bits per heavy atom. The molecule has 0 fully saturated rings. The van der Waals surface area contributed by atoms with Gasteiger partial charge in [0.1, 0.15) is 0 Å². The minimum atomic E-state index is 0.699. The predicted octanol–water partition coefficient (Wildman–Crippen LogP) is 1.38. The van der Waals surface area contributed by atoms with Crippen LogP contribution in [0, 0.1) is 24.7 Å². The van der Waals surface area contributed by atoms with Crippen LogP contribution in [0.25, 0.3) is 0 Å². The summed E-state index contributed by atoms with van der Waals surface area (Å²) in [6.45, 7) is 0. The molecule has 0 amide bonds. The van der Waals surface area contributed by atoms with Crippen LogP contribution in [0.4, 0.5) is 0 Å². The van der Waals surface area contributed by atoms with E-state index in [4.69, 9.17) is 12.8 Å². The van der Waals surface area contributed by atoms with Crippen LogP contribution < -0.4 is 0 Å². The molecule has 1 radical (unpaired) electrons. The van der Waals surface area contributed by atoms with Crippen LogP contribution in [-0.4, -0.2) is 0 Å². The molecule has 0 bridgehead atoms. The molecule has 0 heteroatoms. The Bertz CT molecular complexity index is 84.2. The predicted molar refractivity (Wildman–Crippen MR) is 29.8 cm³/mol. The van der Waals surface area contributed by atoms with Crippen molar-refractivity contribution in [3.63, 3.8) is 0 Å². The van der Waals surface area contributed by atoms with Crippen molar-refractivity contribution in [2.24, 2.45) is 0 Å². The van der Waals surface area contributed by atoms with Crippen LogP contribution in [-0.2, 0) is 0 Å². The first kappa shape index (κ1) is 6.12. The second-order valence-corrected chi connectivity index (χ2v) is 1.23. The summed E-state index contributed by atoms with van der Waals surface area (Å²) in [5.74, 6) is 4.74. The second-order valence-electron chi connectivity index (χ2n) is 1.23. The van der Waals surface area contributed by atoms with Crippen LogP contribution in [0.1, 0.15) is 19.3 Å². The first-order valence-electron chi connectivity index (χ1n) is 2.25. The average molecular weight is 91.1 g/mol. The molecule has 0 heterocycles. The number of terminal acetylenes is 1.